The van der Waals surface area contributed by atoms with Gasteiger partial charge in [-0.05, 0) is 12.8 Å². The fraction of sp³-hybridized carbons (Fsp3) is 0.875. The van der Waals surface area contributed by atoms with Crippen LogP contribution in [0.5, 0.6) is 0 Å². The van der Waals surface area contributed by atoms with E-state index < -0.39 is 27.8 Å². The van der Waals surface area contributed by atoms with Gasteiger partial charge >= 0.3 is 0 Å². The van der Waals surface area contributed by atoms with E-state index in [1.807, 2.05) is 6.92 Å². The molecule has 0 aromatic heterocycles. The maximum Gasteiger partial charge on any atom is 0.267 e. The van der Waals surface area contributed by atoms with Crippen LogP contribution in [0.4, 0.5) is 0 Å². The Morgan fingerprint density at radius 3 is 2.08 bits per heavy atom. The van der Waals surface area contributed by atoms with Crippen molar-refractivity contribution >= 4 is 21.9 Å². The van der Waals surface area contributed by atoms with E-state index in [-0.39, 0.29) is 12.3 Å². The maximum atomic E-state index is 11.9. The zero-order chi connectivity index (χ0) is 18.4. The first-order valence-electron chi connectivity index (χ1n) is 8.82. The normalized spacial score (nSPS) is 12.6. The molecule has 1 atom stereocenters. The summed E-state index contributed by atoms with van der Waals surface area (Å²) in [5.41, 5.74) is 0. The number of hydrogen-bond donors (Lipinski definition) is 3. The van der Waals surface area contributed by atoms with Gasteiger partial charge in [0, 0.05) is 13.0 Å². The van der Waals surface area contributed by atoms with Crippen molar-refractivity contribution in [3.63, 3.8) is 0 Å². The van der Waals surface area contributed by atoms with Crippen molar-refractivity contribution in [2.24, 2.45) is 0 Å². The minimum atomic E-state index is -4.35. The lowest BCUT2D eigenvalue weighted by molar-refractivity contribution is -0.128. The van der Waals surface area contributed by atoms with E-state index in [0.29, 0.717) is 19.4 Å². The van der Waals surface area contributed by atoms with Crippen LogP contribution in [0.3, 0.4) is 0 Å². The van der Waals surface area contributed by atoms with E-state index in [0.717, 1.165) is 19.3 Å². The summed E-state index contributed by atoms with van der Waals surface area (Å²) in [5, 5.41) is 4.93. The summed E-state index contributed by atoms with van der Waals surface area (Å²) >= 11 is 0. The summed E-state index contributed by atoms with van der Waals surface area (Å²) in [6.07, 6.45) is 8.42. The van der Waals surface area contributed by atoms with Crippen molar-refractivity contribution in [3.8, 4) is 0 Å². The second-order valence-electron chi connectivity index (χ2n) is 6.03. The Labute approximate surface area is 145 Å². The Kier molecular flexibility index (Phi) is 12.5. The molecule has 142 valence electrons. The summed E-state index contributed by atoms with van der Waals surface area (Å²) in [5.74, 6) is -1.78. The molecular formula is C16H32N2O5S. The smallest absolute Gasteiger partial charge is 0.267 e. The topological polar surface area (TPSA) is 113 Å². The fourth-order valence-corrected chi connectivity index (χ4v) is 2.93. The van der Waals surface area contributed by atoms with Gasteiger partial charge in [0.1, 0.15) is 11.8 Å². The van der Waals surface area contributed by atoms with Crippen molar-refractivity contribution in [2.75, 3.05) is 12.3 Å². The highest BCUT2D eigenvalue weighted by Gasteiger charge is 2.25. The first-order valence-corrected chi connectivity index (χ1v) is 10.4. The van der Waals surface area contributed by atoms with Gasteiger partial charge in [-0.15, -0.1) is 0 Å². The molecule has 0 saturated heterocycles. The number of nitrogens with one attached hydrogen (secondary N) is 2. The zero-order valence-corrected chi connectivity index (χ0v) is 15.7. The van der Waals surface area contributed by atoms with E-state index in [1.54, 1.807) is 0 Å². The van der Waals surface area contributed by atoms with Crippen molar-refractivity contribution in [2.45, 2.75) is 77.7 Å². The number of rotatable bonds is 14. The number of carbonyl (C=O) groups is 2. The lowest BCUT2D eigenvalue weighted by Gasteiger charge is -2.17. The fourth-order valence-electron chi connectivity index (χ4n) is 2.27. The van der Waals surface area contributed by atoms with Crippen LogP contribution < -0.4 is 10.6 Å². The minimum Gasteiger partial charge on any atom is -0.354 e. The quantitative estimate of drug-likeness (QED) is 0.322. The van der Waals surface area contributed by atoms with Crippen molar-refractivity contribution in [1.29, 1.82) is 0 Å². The van der Waals surface area contributed by atoms with Gasteiger partial charge in [-0.1, -0.05) is 52.4 Å². The Morgan fingerprint density at radius 2 is 1.54 bits per heavy atom. The average Bonchev–Trinajstić information content (AvgIpc) is 2.49. The van der Waals surface area contributed by atoms with Crippen LogP contribution >= 0.6 is 0 Å². The van der Waals surface area contributed by atoms with Crippen LogP contribution in [-0.2, 0) is 19.7 Å². The number of carbonyl (C=O) groups excluding carboxylic acids is 2. The largest absolute Gasteiger partial charge is 0.354 e. The molecule has 0 saturated carbocycles. The second kappa shape index (κ2) is 13.2. The van der Waals surface area contributed by atoms with Gasteiger partial charge in [0.2, 0.25) is 11.8 Å². The molecule has 3 N–H and O–H groups in total. The molecule has 24 heavy (non-hydrogen) atoms. The SMILES string of the molecule is CCCCCCCCCC(=O)NC(CS(=O)(=O)O)C(=O)NCCC. The molecule has 0 aromatic rings. The molecule has 7 nitrogen and oxygen atoms in total. The first-order chi connectivity index (χ1) is 11.3. The van der Waals surface area contributed by atoms with Crippen LogP contribution in [0.1, 0.15) is 71.6 Å². The third-order valence-electron chi connectivity index (χ3n) is 3.59. The number of amides is 2. The summed E-state index contributed by atoms with van der Waals surface area (Å²) in [6.45, 7) is 4.40. The molecule has 0 aromatic carbocycles. The molecule has 0 bridgehead atoms. The summed E-state index contributed by atoms with van der Waals surface area (Å²) < 4.78 is 31.0. The molecule has 0 aliphatic rings. The predicted molar refractivity (Wildman–Crippen MR) is 94.3 cm³/mol. The Balaban J connectivity index is 4.21. The van der Waals surface area contributed by atoms with Crippen molar-refractivity contribution < 1.29 is 22.6 Å². The van der Waals surface area contributed by atoms with Crippen LogP contribution in [0.15, 0.2) is 0 Å². The standard InChI is InChI=1S/C16H32N2O5S/c1-3-5-6-7-8-9-10-11-15(19)18-14(13-24(21,22)23)16(20)17-12-4-2/h14H,3-13H2,1-2H3,(H,17,20)(H,18,19)(H,21,22,23). The summed E-state index contributed by atoms with van der Waals surface area (Å²) in [6, 6.07) is -1.26. The number of hydrogen-bond acceptors (Lipinski definition) is 4. The molecule has 0 radical (unpaired) electrons. The van der Waals surface area contributed by atoms with Crippen LogP contribution in [0.2, 0.25) is 0 Å². The van der Waals surface area contributed by atoms with E-state index in [2.05, 4.69) is 17.6 Å². The van der Waals surface area contributed by atoms with Crippen molar-refractivity contribution in [3.05, 3.63) is 0 Å². The highest BCUT2D eigenvalue weighted by molar-refractivity contribution is 7.85. The lowest BCUT2D eigenvalue weighted by atomic mass is 10.1. The molecule has 0 fully saturated rings. The third kappa shape index (κ3) is 13.3. The maximum absolute atomic E-state index is 11.9. The zero-order valence-electron chi connectivity index (χ0n) is 14.8. The van der Waals surface area contributed by atoms with Gasteiger partial charge in [-0.25, -0.2) is 0 Å². The summed E-state index contributed by atoms with van der Waals surface area (Å²) in [7, 11) is -4.35. The molecule has 8 heteroatoms. The third-order valence-corrected chi connectivity index (χ3v) is 4.34. The van der Waals surface area contributed by atoms with Gasteiger partial charge in [0.05, 0.1) is 0 Å². The van der Waals surface area contributed by atoms with E-state index in [4.69, 9.17) is 4.55 Å². The highest BCUT2D eigenvalue weighted by Crippen LogP contribution is 2.08. The highest BCUT2D eigenvalue weighted by atomic mass is 32.2. The molecule has 0 aliphatic heterocycles. The first kappa shape index (κ1) is 22.9. The average molecular weight is 365 g/mol. The Bertz CT molecular complexity index is 465. The van der Waals surface area contributed by atoms with Gasteiger partial charge in [-0.2, -0.15) is 8.42 Å². The molecule has 2 amide bonds. The van der Waals surface area contributed by atoms with Gasteiger partial charge in [-0.3, -0.25) is 14.1 Å². The Hall–Kier alpha value is -1.15. The van der Waals surface area contributed by atoms with Crippen LogP contribution in [0, 0.1) is 0 Å². The van der Waals surface area contributed by atoms with Gasteiger partial charge in [0.25, 0.3) is 10.1 Å². The van der Waals surface area contributed by atoms with E-state index in [9.17, 15) is 18.0 Å². The predicted octanol–water partition coefficient (Wildman–Crippen LogP) is 2.03. The molecule has 0 aliphatic carbocycles. The number of unbranched alkanes of at least 4 members (excludes halogenated alkanes) is 6. The second-order valence-corrected chi connectivity index (χ2v) is 7.53. The van der Waals surface area contributed by atoms with Gasteiger partial charge in [0.15, 0.2) is 0 Å². The van der Waals surface area contributed by atoms with E-state index in [1.165, 1.54) is 19.3 Å². The molecule has 0 spiro atoms. The Morgan fingerprint density at radius 1 is 0.958 bits per heavy atom. The molecule has 0 heterocycles. The minimum absolute atomic E-state index is 0.247. The van der Waals surface area contributed by atoms with Crippen LogP contribution in [-0.4, -0.2) is 43.1 Å². The van der Waals surface area contributed by atoms with Crippen LogP contribution in [0.25, 0.3) is 0 Å². The monoisotopic (exact) mass is 364 g/mol. The van der Waals surface area contributed by atoms with E-state index >= 15 is 0 Å². The molecule has 1 unspecified atom stereocenters. The lowest BCUT2D eigenvalue weighted by Crippen LogP contribution is -2.50. The van der Waals surface area contributed by atoms with Gasteiger partial charge < -0.3 is 10.6 Å². The molecular weight excluding hydrogens is 332 g/mol. The molecule has 0 rings (SSSR count). The van der Waals surface area contributed by atoms with Crippen molar-refractivity contribution in [1.82, 2.24) is 10.6 Å². The summed E-state index contributed by atoms with van der Waals surface area (Å²) in [4.78, 5) is 23.8.